The van der Waals surface area contributed by atoms with Crippen molar-refractivity contribution in [1.82, 2.24) is 24.7 Å². The van der Waals surface area contributed by atoms with E-state index in [0.29, 0.717) is 38.3 Å². The number of imidazole rings is 1. The van der Waals surface area contributed by atoms with Gasteiger partial charge < -0.3 is 19.9 Å². The molecular weight excluding hydrogens is 430 g/mol. The maximum Gasteiger partial charge on any atom is 0.408 e. The van der Waals surface area contributed by atoms with Gasteiger partial charge in [0.15, 0.2) is 0 Å². The molecule has 2 aromatic rings. The average Bonchev–Trinajstić information content (AvgIpc) is 3.44. The summed E-state index contributed by atoms with van der Waals surface area (Å²) < 4.78 is 7.03. The number of nitrogens with one attached hydrogen (secondary N) is 1. The second-order valence-electron chi connectivity index (χ2n) is 9.19. The monoisotopic (exact) mass is 459 g/mol. The zero-order chi connectivity index (χ0) is 23.0. The zero-order valence-electron chi connectivity index (χ0n) is 18.8. The van der Waals surface area contributed by atoms with E-state index in [9.17, 15) is 14.4 Å². The minimum Gasteiger partial charge on any atom is -0.444 e. The van der Waals surface area contributed by atoms with Gasteiger partial charge in [-0.05, 0) is 52.0 Å². The molecule has 9 nitrogen and oxygen atoms in total. The molecule has 0 saturated carbocycles. The van der Waals surface area contributed by atoms with E-state index in [1.54, 1.807) is 36.4 Å². The molecule has 0 aromatic carbocycles. The Morgan fingerprint density at radius 2 is 2.00 bits per heavy atom. The van der Waals surface area contributed by atoms with Crippen LogP contribution in [0.3, 0.4) is 0 Å². The summed E-state index contributed by atoms with van der Waals surface area (Å²) in [5.74, 6) is 0.544. The van der Waals surface area contributed by atoms with Crippen LogP contribution in [0.2, 0.25) is 0 Å². The van der Waals surface area contributed by atoms with Crippen LogP contribution in [0.4, 0.5) is 9.59 Å². The van der Waals surface area contributed by atoms with Crippen LogP contribution in [0, 0.1) is 6.92 Å². The van der Waals surface area contributed by atoms with Crippen LogP contribution in [0.25, 0.3) is 0 Å². The van der Waals surface area contributed by atoms with Crippen LogP contribution in [0.1, 0.15) is 56.1 Å². The first-order chi connectivity index (χ1) is 15.1. The Morgan fingerprint density at radius 1 is 1.28 bits per heavy atom. The molecule has 1 fully saturated rings. The lowest BCUT2D eigenvalue weighted by Gasteiger charge is -2.37. The third kappa shape index (κ3) is 4.50. The molecule has 0 spiro atoms. The van der Waals surface area contributed by atoms with Gasteiger partial charge in [-0.3, -0.25) is 9.36 Å². The Morgan fingerprint density at radius 3 is 2.59 bits per heavy atom. The summed E-state index contributed by atoms with van der Waals surface area (Å²) >= 11 is 1.42. The van der Waals surface area contributed by atoms with Crippen LogP contribution in [0.15, 0.2) is 23.7 Å². The van der Waals surface area contributed by atoms with E-state index in [1.165, 1.54) is 11.3 Å². The third-order valence-electron chi connectivity index (χ3n) is 5.73. The number of carbonyl (C=O) groups excluding carboxylic acids is 3. The van der Waals surface area contributed by atoms with Crippen molar-refractivity contribution in [2.75, 3.05) is 13.1 Å². The summed E-state index contributed by atoms with van der Waals surface area (Å²) in [4.78, 5) is 47.1. The largest absolute Gasteiger partial charge is 0.444 e. The van der Waals surface area contributed by atoms with Gasteiger partial charge in [0.05, 0.1) is 18.4 Å². The smallest absolute Gasteiger partial charge is 0.408 e. The molecule has 0 radical (unpaired) electrons. The molecule has 1 N–H and O–H groups in total. The molecule has 3 amide bonds. The van der Waals surface area contributed by atoms with Gasteiger partial charge in [-0.2, -0.15) is 0 Å². The zero-order valence-corrected chi connectivity index (χ0v) is 19.6. The fourth-order valence-corrected chi connectivity index (χ4v) is 5.00. The maximum atomic E-state index is 13.3. The fraction of sp³-hybridized carbons (Fsp3) is 0.545. The number of rotatable bonds is 4. The van der Waals surface area contributed by atoms with Crippen molar-refractivity contribution in [3.05, 3.63) is 40.1 Å². The molecule has 32 heavy (non-hydrogen) atoms. The molecule has 4 rings (SSSR count). The number of carbonyl (C=O) groups is 3. The van der Waals surface area contributed by atoms with E-state index in [-0.39, 0.29) is 18.0 Å². The molecular formula is C22H29N5O4S. The number of thiophene rings is 1. The summed E-state index contributed by atoms with van der Waals surface area (Å²) in [5, 5.41) is 4.62. The third-order valence-corrected chi connectivity index (χ3v) is 6.67. The van der Waals surface area contributed by atoms with Crippen LogP contribution in [-0.4, -0.2) is 62.1 Å². The van der Waals surface area contributed by atoms with E-state index in [4.69, 9.17) is 4.74 Å². The number of aromatic nitrogens is 2. The van der Waals surface area contributed by atoms with Crippen molar-refractivity contribution < 1.29 is 19.1 Å². The predicted molar refractivity (Wildman–Crippen MR) is 119 cm³/mol. The number of aryl methyl sites for hydroxylation is 1. The highest BCUT2D eigenvalue weighted by atomic mass is 32.1. The van der Waals surface area contributed by atoms with Crippen LogP contribution < -0.4 is 5.32 Å². The highest BCUT2D eigenvalue weighted by molar-refractivity contribution is 7.10. The molecule has 2 aromatic heterocycles. The summed E-state index contributed by atoms with van der Waals surface area (Å²) in [6, 6.07) is 2.94. The highest BCUT2D eigenvalue weighted by Crippen LogP contribution is 2.28. The van der Waals surface area contributed by atoms with E-state index < -0.39 is 17.7 Å². The average molecular weight is 460 g/mol. The van der Waals surface area contributed by atoms with Crippen molar-refractivity contribution in [3.63, 3.8) is 0 Å². The van der Waals surface area contributed by atoms with Crippen molar-refractivity contribution in [1.29, 1.82) is 0 Å². The standard InChI is InChI=1S/C22H29N5O4S/c1-14-23-12-16-13-26(21(30)27(14)16)15-7-9-25(10-8-15)19(28)18(17-6-5-11-32-17)24-20(29)31-22(2,3)4/h5-6,11-12,15,18H,7-10,13H2,1-4H3,(H,24,29). The Labute approximate surface area is 191 Å². The maximum absolute atomic E-state index is 13.3. The summed E-state index contributed by atoms with van der Waals surface area (Å²) in [7, 11) is 0. The fourth-order valence-electron chi connectivity index (χ4n) is 4.24. The Hall–Kier alpha value is -2.88. The van der Waals surface area contributed by atoms with Gasteiger partial charge in [0, 0.05) is 24.0 Å². The molecule has 0 bridgehead atoms. The number of piperidine rings is 1. The number of alkyl carbamates (subject to hydrolysis) is 1. The number of amides is 3. The van der Waals surface area contributed by atoms with Crippen molar-refractivity contribution in [3.8, 4) is 0 Å². The van der Waals surface area contributed by atoms with Gasteiger partial charge in [0.25, 0.3) is 5.91 Å². The van der Waals surface area contributed by atoms with Gasteiger partial charge in [0.2, 0.25) is 0 Å². The molecule has 1 saturated heterocycles. The van der Waals surface area contributed by atoms with Gasteiger partial charge in [-0.15, -0.1) is 11.3 Å². The molecule has 1 unspecified atom stereocenters. The lowest BCUT2D eigenvalue weighted by molar-refractivity contribution is -0.135. The summed E-state index contributed by atoms with van der Waals surface area (Å²) in [6.07, 6.45) is 2.52. The first-order valence-corrected chi connectivity index (χ1v) is 11.7. The molecule has 172 valence electrons. The van der Waals surface area contributed by atoms with E-state index in [0.717, 1.165) is 10.6 Å². The molecule has 2 aliphatic rings. The molecule has 4 heterocycles. The van der Waals surface area contributed by atoms with E-state index >= 15 is 0 Å². The predicted octanol–water partition coefficient (Wildman–Crippen LogP) is 3.29. The molecule has 1 atom stereocenters. The molecule has 0 aliphatic carbocycles. The first-order valence-electron chi connectivity index (χ1n) is 10.8. The molecule has 2 aliphatic heterocycles. The number of hydrogen-bond acceptors (Lipinski definition) is 6. The van der Waals surface area contributed by atoms with Gasteiger partial charge in [0.1, 0.15) is 17.5 Å². The normalized spacial score (nSPS) is 17.9. The summed E-state index contributed by atoms with van der Waals surface area (Å²) in [5.41, 5.74) is 0.255. The van der Waals surface area contributed by atoms with Crippen molar-refractivity contribution >= 4 is 29.4 Å². The lowest BCUT2D eigenvalue weighted by Crippen LogP contribution is -2.50. The number of likely N-dealkylation sites (tertiary alicyclic amines) is 1. The number of ether oxygens (including phenoxy) is 1. The van der Waals surface area contributed by atoms with Crippen molar-refractivity contribution in [2.24, 2.45) is 0 Å². The topological polar surface area (TPSA) is 96.8 Å². The van der Waals surface area contributed by atoms with E-state index in [2.05, 4.69) is 10.3 Å². The van der Waals surface area contributed by atoms with Crippen LogP contribution >= 0.6 is 11.3 Å². The minimum atomic E-state index is -0.788. The number of hydrogen-bond donors (Lipinski definition) is 1. The Bertz CT molecular complexity index is 1000. The van der Waals surface area contributed by atoms with Crippen LogP contribution in [-0.2, 0) is 16.1 Å². The van der Waals surface area contributed by atoms with Gasteiger partial charge in [-0.25, -0.2) is 14.6 Å². The van der Waals surface area contributed by atoms with E-state index in [1.807, 2.05) is 29.3 Å². The van der Waals surface area contributed by atoms with Crippen LogP contribution in [0.5, 0.6) is 0 Å². The second-order valence-corrected chi connectivity index (χ2v) is 10.2. The SMILES string of the molecule is Cc1ncc2n1C(=O)N(C1CCN(C(=O)C(NC(=O)OC(C)(C)C)c3cccs3)CC1)C2. The second kappa shape index (κ2) is 8.57. The van der Waals surface area contributed by atoms with Gasteiger partial charge >= 0.3 is 12.1 Å². The Kier molecular flexibility index (Phi) is 5.98. The number of nitrogens with zero attached hydrogens (tertiary/aromatic N) is 4. The first kappa shape index (κ1) is 22.3. The Balaban J connectivity index is 1.40. The molecule has 10 heteroatoms. The number of fused-ring (bicyclic) bond motifs is 1. The quantitative estimate of drug-likeness (QED) is 0.757. The minimum absolute atomic E-state index is 0.0390. The van der Waals surface area contributed by atoms with Crippen molar-refractivity contribution in [2.45, 2.75) is 64.8 Å². The summed E-state index contributed by atoms with van der Waals surface area (Å²) in [6.45, 7) is 8.78. The highest BCUT2D eigenvalue weighted by Gasteiger charge is 2.38. The van der Waals surface area contributed by atoms with Gasteiger partial charge in [-0.1, -0.05) is 6.07 Å². The lowest BCUT2D eigenvalue weighted by atomic mass is 10.0.